The minimum absolute atomic E-state index is 0.0338. The molecule has 0 aliphatic carbocycles. The normalized spacial score (nSPS) is 16.7. The second-order valence-electron chi connectivity index (χ2n) is 7.28. The molecule has 0 bridgehead atoms. The highest BCUT2D eigenvalue weighted by Crippen LogP contribution is 2.28. The Morgan fingerprint density at radius 2 is 1.67 bits per heavy atom. The maximum atomic E-state index is 12.9. The molecule has 1 fully saturated rings. The Morgan fingerprint density at radius 1 is 1.07 bits per heavy atom. The molecule has 8 nitrogen and oxygen atoms in total. The molecule has 1 aromatic heterocycles. The smallest absolute Gasteiger partial charge is 0.263 e. The van der Waals surface area contributed by atoms with Gasteiger partial charge in [0.1, 0.15) is 9.77 Å². The lowest BCUT2D eigenvalue weighted by Crippen LogP contribution is -2.31. The number of sulfonamides is 2. The topological polar surface area (TPSA) is 104 Å². The summed E-state index contributed by atoms with van der Waals surface area (Å²) in [7, 11) is -4.30. The monoisotopic (exact) mass is 471 g/mol. The highest BCUT2D eigenvalue weighted by Gasteiger charge is 2.32. The fourth-order valence-electron chi connectivity index (χ4n) is 3.22. The number of hydrogen-bond acceptors (Lipinski definition) is 6. The fourth-order valence-corrected chi connectivity index (χ4v) is 6.94. The molecule has 30 heavy (non-hydrogen) atoms. The second kappa shape index (κ2) is 8.75. The van der Waals surface area contributed by atoms with Gasteiger partial charge in [-0.3, -0.25) is 4.79 Å². The predicted octanol–water partition coefficient (Wildman–Crippen LogP) is 2.27. The van der Waals surface area contributed by atoms with E-state index >= 15 is 0 Å². The minimum Gasteiger partial charge on any atom is -0.345 e. The van der Waals surface area contributed by atoms with Crippen LogP contribution < -0.4 is 5.32 Å². The Kier molecular flexibility index (Phi) is 6.68. The van der Waals surface area contributed by atoms with Crippen LogP contribution in [0.25, 0.3) is 0 Å². The summed E-state index contributed by atoms with van der Waals surface area (Å²) in [5.41, 5.74) is 0.710. The number of hydrogen-bond donors (Lipinski definition) is 1. The van der Waals surface area contributed by atoms with Crippen molar-refractivity contribution in [2.75, 3.05) is 27.2 Å². The van der Waals surface area contributed by atoms with Gasteiger partial charge in [0.2, 0.25) is 20.0 Å². The average molecular weight is 472 g/mol. The lowest BCUT2D eigenvalue weighted by atomic mass is 10.1. The minimum atomic E-state index is -3.69. The SMILES string of the molecule is CC(NC(=O)c1sccc1S(=O)(=O)N1CCCC1)c1ccc(S(=O)(=O)N(C)C)cc1. The second-order valence-corrected chi connectivity index (χ2v) is 12.3. The molecule has 0 spiro atoms. The molecular formula is C19H25N3O5S3. The summed E-state index contributed by atoms with van der Waals surface area (Å²) in [5, 5.41) is 4.41. The number of nitrogens with zero attached hydrogens (tertiary/aromatic N) is 2. The van der Waals surface area contributed by atoms with Gasteiger partial charge in [-0.2, -0.15) is 4.31 Å². The number of carbonyl (C=O) groups is 1. The molecule has 1 N–H and O–H groups in total. The number of amides is 1. The highest BCUT2D eigenvalue weighted by atomic mass is 32.2. The number of nitrogens with one attached hydrogen (secondary N) is 1. The van der Waals surface area contributed by atoms with E-state index in [0.29, 0.717) is 18.7 Å². The molecule has 2 aromatic rings. The van der Waals surface area contributed by atoms with E-state index in [9.17, 15) is 21.6 Å². The van der Waals surface area contributed by atoms with E-state index < -0.39 is 32.0 Å². The van der Waals surface area contributed by atoms with Crippen molar-refractivity contribution in [3.8, 4) is 0 Å². The van der Waals surface area contributed by atoms with Crippen LogP contribution in [0.15, 0.2) is 45.5 Å². The zero-order valence-corrected chi connectivity index (χ0v) is 19.5. The molecule has 1 amide bonds. The van der Waals surface area contributed by atoms with E-state index in [0.717, 1.165) is 28.5 Å². The summed E-state index contributed by atoms with van der Waals surface area (Å²) in [6.45, 7) is 2.70. The molecule has 11 heteroatoms. The van der Waals surface area contributed by atoms with Gasteiger partial charge in [0.15, 0.2) is 0 Å². The Labute approximate surface area is 181 Å². The van der Waals surface area contributed by atoms with Crippen molar-refractivity contribution < 1.29 is 21.6 Å². The quantitative estimate of drug-likeness (QED) is 0.667. The van der Waals surface area contributed by atoms with Crippen LogP contribution in [0.3, 0.4) is 0 Å². The zero-order valence-electron chi connectivity index (χ0n) is 17.0. The van der Waals surface area contributed by atoms with E-state index in [2.05, 4.69) is 5.32 Å². The van der Waals surface area contributed by atoms with Crippen molar-refractivity contribution in [2.24, 2.45) is 0 Å². The van der Waals surface area contributed by atoms with Crippen LogP contribution in [0, 0.1) is 0 Å². The molecular weight excluding hydrogens is 446 g/mol. The van der Waals surface area contributed by atoms with Crippen molar-refractivity contribution in [1.29, 1.82) is 0 Å². The van der Waals surface area contributed by atoms with Crippen LogP contribution in [-0.2, 0) is 20.0 Å². The first-order chi connectivity index (χ1) is 14.0. The van der Waals surface area contributed by atoms with Crippen LogP contribution >= 0.6 is 11.3 Å². The average Bonchev–Trinajstić information content (AvgIpc) is 3.40. The van der Waals surface area contributed by atoms with Gasteiger partial charge < -0.3 is 5.32 Å². The third-order valence-electron chi connectivity index (χ3n) is 5.02. The molecule has 1 saturated heterocycles. The third-order valence-corrected chi connectivity index (χ3v) is 9.84. The van der Waals surface area contributed by atoms with Crippen molar-refractivity contribution in [3.05, 3.63) is 46.2 Å². The lowest BCUT2D eigenvalue weighted by Gasteiger charge is -2.18. The number of benzene rings is 1. The lowest BCUT2D eigenvalue weighted by molar-refractivity contribution is 0.0941. The van der Waals surface area contributed by atoms with E-state index in [1.165, 1.54) is 36.6 Å². The maximum absolute atomic E-state index is 12.9. The molecule has 0 saturated carbocycles. The van der Waals surface area contributed by atoms with Gasteiger partial charge in [-0.05, 0) is 48.9 Å². The van der Waals surface area contributed by atoms with Gasteiger partial charge in [-0.15, -0.1) is 11.3 Å². The molecule has 1 unspecified atom stereocenters. The summed E-state index contributed by atoms with van der Waals surface area (Å²) >= 11 is 1.09. The summed E-state index contributed by atoms with van der Waals surface area (Å²) < 4.78 is 52.6. The van der Waals surface area contributed by atoms with Crippen LogP contribution in [0.1, 0.15) is 41.0 Å². The van der Waals surface area contributed by atoms with Crippen molar-refractivity contribution in [1.82, 2.24) is 13.9 Å². The van der Waals surface area contributed by atoms with Crippen molar-refractivity contribution >= 4 is 37.3 Å². The Hall–Kier alpha value is -1.79. The van der Waals surface area contributed by atoms with E-state index in [1.807, 2.05) is 0 Å². The summed E-state index contributed by atoms with van der Waals surface area (Å²) in [6.07, 6.45) is 1.64. The summed E-state index contributed by atoms with van der Waals surface area (Å²) in [6, 6.07) is 7.29. The van der Waals surface area contributed by atoms with Gasteiger partial charge in [0, 0.05) is 27.2 Å². The molecule has 1 atom stereocenters. The molecule has 3 rings (SSSR count). The molecule has 1 aliphatic rings. The number of carbonyl (C=O) groups excluding carboxylic acids is 1. The summed E-state index contributed by atoms with van der Waals surface area (Å²) in [4.78, 5) is 13.1. The van der Waals surface area contributed by atoms with Gasteiger partial charge in [-0.25, -0.2) is 21.1 Å². The largest absolute Gasteiger partial charge is 0.345 e. The first-order valence-electron chi connectivity index (χ1n) is 9.46. The predicted molar refractivity (Wildman–Crippen MR) is 116 cm³/mol. The van der Waals surface area contributed by atoms with Gasteiger partial charge in [-0.1, -0.05) is 12.1 Å². The van der Waals surface area contributed by atoms with Crippen LogP contribution in [0.2, 0.25) is 0 Å². The van der Waals surface area contributed by atoms with Crippen LogP contribution in [-0.4, -0.2) is 58.5 Å². The number of thiophene rings is 1. The Morgan fingerprint density at radius 3 is 2.23 bits per heavy atom. The third kappa shape index (κ3) is 4.45. The molecule has 1 aliphatic heterocycles. The van der Waals surface area contributed by atoms with Gasteiger partial charge in [0.25, 0.3) is 5.91 Å². The van der Waals surface area contributed by atoms with Crippen LogP contribution in [0.4, 0.5) is 0 Å². The summed E-state index contributed by atoms with van der Waals surface area (Å²) in [5.74, 6) is -0.472. The van der Waals surface area contributed by atoms with E-state index in [1.54, 1.807) is 24.4 Å². The first-order valence-corrected chi connectivity index (χ1v) is 13.2. The standard InChI is InChI=1S/C19H25N3O5S3/c1-14(15-6-8-16(9-7-15)29(24,25)21(2)3)20-19(23)18-17(10-13-28-18)30(26,27)22-11-4-5-12-22/h6-10,13-14H,4-5,11-12H2,1-3H3,(H,20,23). The zero-order chi connectivity index (χ0) is 22.1. The van der Waals surface area contributed by atoms with Crippen LogP contribution in [0.5, 0.6) is 0 Å². The van der Waals surface area contributed by atoms with E-state index in [-0.39, 0.29) is 14.7 Å². The molecule has 2 heterocycles. The first kappa shape index (κ1) is 22.9. The van der Waals surface area contributed by atoms with Gasteiger partial charge in [0.05, 0.1) is 10.9 Å². The maximum Gasteiger partial charge on any atom is 0.263 e. The Balaban J connectivity index is 1.77. The molecule has 0 radical (unpaired) electrons. The number of rotatable bonds is 7. The molecule has 1 aromatic carbocycles. The van der Waals surface area contributed by atoms with Crippen molar-refractivity contribution in [2.45, 2.75) is 35.6 Å². The van der Waals surface area contributed by atoms with Gasteiger partial charge >= 0.3 is 0 Å². The van der Waals surface area contributed by atoms with Crippen molar-refractivity contribution in [3.63, 3.8) is 0 Å². The highest BCUT2D eigenvalue weighted by molar-refractivity contribution is 7.89. The fraction of sp³-hybridized carbons (Fsp3) is 0.421. The molecule has 164 valence electrons. The van der Waals surface area contributed by atoms with E-state index in [4.69, 9.17) is 0 Å². The Bertz CT molecular complexity index is 1120.